The Morgan fingerprint density at radius 2 is 0.778 bits per heavy atom. The molecule has 0 N–H and O–H groups in total. The van der Waals surface area contributed by atoms with Gasteiger partial charge in [0.15, 0.2) is 0 Å². The molecule has 0 heterocycles. The Morgan fingerprint density at radius 3 is 1.06 bits per heavy atom. The van der Waals surface area contributed by atoms with Crippen molar-refractivity contribution in [3.63, 3.8) is 0 Å². The van der Waals surface area contributed by atoms with Crippen LogP contribution in [0.4, 0.5) is 0 Å². The van der Waals surface area contributed by atoms with Gasteiger partial charge in [-0.05, 0) is 48.5 Å². The van der Waals surface area contributed by atoms with Gasteiger partial charge < -0.3 is 18.9 Å². The summed E-state index contributed by atoms with van der Waals surface area (Å²) in [4.78, 5) is 26.1. The monoisotopic (exact) mass is 478 g/mol. The molecule has 5 aromatic carbocycles. The second-order valence-corrected chi connectivity index (χ2v) is 7.99. The zero-order chi connectivity index (χ0) is 25.1. The van der Waals surface area contributed by atoms with Gasteiger partial charge in [0.2, 0.25) is 0 Å². The molecule has 0 saturated carbocycles. The lowest BCUT2D eigenvalue weighted by atomic mass is 10.0. The fraction of sp³-hybridized carbons (Fsp3) is 0.0667. The van der Waals surface area contributed by atoms with Crippen LogP contribution in [-0.4, -0.2) is 26.2 Å². The fourth-order valence-corrected chi connectivity index (χ4v) is 4.03. The number of hydrogen-bond donors (Lipinski definition) is 0. The Hall–Kier alpha value is -4.84. The van der Waals surface area contributed by atoms with Crippen molar-refractivity contribution in [3.05, 3.63) is 108 Å². The second kappa shape index (κ2) is 9.80. The zero-order valence-corrected chi connectivity index (χ0v) is 19.7. The summed E-state index contributed by atoms with van der Waals surface area (Å²) in [6, 6.07) is 28.1. The summed E-state index contributed by atoms with van der Waals surface area (Å²) in [5.74, 6) is 1.07. The van der Waals surface area contributed by atoms with Crippen LogP contribution in [-0.2, 0) is 0 Å². The fourth-order valence-electron chi connectivity index (χ4n) is 4.03. The first-order chi connectivity index (χ1) is 17.6. The van der Waals surface area contributed by atoms with Crippen molar-refractivity contribution in [3.8, 4) is 23.0 Å². The second-order valence-electron chi connectivity index (χ2n) is 7.99. The van der Waals surface area contributed by atoms with Gasteiger partial charge >= 0.3 is 11.9 Å². The molecule has 0 bridgehead atoms. The van der Waals surface area contributed by atoms with Crippen LogP contribution in [0.3, 0.4) is 0 Å². The van der Waals surface area contributed by atoms with Crippen LogP contribution in [0, 0.1) is 0 Å². The van der Waals surface area contributed by atoms with Gasteiger partial charge in [0.1, 0.15) is 23.0 Å². The summed E-state index contributed by atoms with van der Waals surface area (Å²) < 4.78 is 22.2. The molecule has 0 atom stereocenters. The van der Waals surface area contributed by atoms with E-state index in [9.17, 15) is 9.59 Å². The average molecular weight is 479 g/mol. The smallest absolute Gasteiger partial charge is 0.343 e. The highest BCUT2D eigenvalue weighted by atomic mass is 16.5. The predicted octanol–water partition coefficient (Wildman–Crippen LogP) is 6.45. The van der Waals surface area contributed by atoms with Crippen molar-refractivity contribution < 1.29 is 28.5 Å². The maximum Gasteiger partial charge on any atom is 0.343 e. The molecule has 5 aromatic rings. The van der Waals surface area contributed by atoms with Crippen LogP contribution in [0.2, 0.25) is 0 Å². The Bertz CT molecular complexity index is 1390. The molecule has 0 aliphatic heterocycles. The lowest BCUT2D eigenvalue weighted by molar-refractivity contribution is 0.0726. The number of benzene rings is 5. The molecule has 0 aromatic heterocycles. The number of methoxy groups -OCH3 is 2. The van der Waals surface area contributed by atoms with Crippen molar-refractivity contribution >= 4 is 33.5 Å². The van der Waals surface area contributed by atoms with Crippen molar-refractivity contribution in [2.75, 3.05) is 14.2 Å². The number of hydrogen-bond acceptors (Lipinski definition) is 6. The van der Waals surface area contributed by atoms with Gasteiger partial charge in [-0.1, -0.05) is 48.5 Å². The van der Waals surface area contributed by atoms with Gasteiger partial charge in [0.25, 0.3) is 0 Å². The molecule has 6 nitrogen and oxygen atoms in total. The molecule has 0 saturated heterocycles. The van der Waals surface area contributed by atoms with Crippen molar-refractivity contribution in [1.29, 1.82) is 0 Å². The van der Waals surface area contributed by atoms with Crippen LogP contribution >= 0.6 is 0 Å². The van der Waals surface area contributed by atoms with E-state index in [1.54, 1.807) is 62.8 Å². The molecular weight excluding hydrogens is 456 g/mol. The maximum absolute atomic E-state index is 13.0. The summed E-state index contributed by atoms with van der Waals surface area (Å²) in [7, 11) is 3.13. The molecule has 6 heteroatoms. The highest BCUT2D eigenvalue weighted by Gasteiger charge is 2.21. The molecular formula is C30H22O6. The van der Waals surface area contributed by atoms with Crippen LogP contribution < -0.4 is 18.9 Å². The number of carbonyl (C=O) groups is 2. The first-order valence-corrected chi connectivity index (χ1v) is 11.2. The molecule has 0 aliphatic carbocycles. The summed E-state index contributed by atoms with van der Waals surface area (Å²) in [6.45, 7) is 0. The third kappa shape index (κ3) is 4.32. The largest absolute Gasteiger partial charge is 0.497 e. The minimum absolute atomic E-state index is 0.388. The van der Waals surface area contributed by atoms with Gasteiger partial charge in [-0.2, -0.15) is 0 Å². The number of rotatable bonds is 6. The molecule has 0 unspecified atom stereocenters. The molecule has 178 valence electrons. The van der Waals surface area contributed by atoms with E-state index >= 15 is 0 Å². The van der Waals surface area contributed by atoms with E-state index in [4.69, 9.17) is 18.9 Å². The molecule has 0 spiro atoms. The topological polar surface area (TPSA) is 71.1 Å². The highest BCUT2D eigenvalue weighted by molar-refractivity contribution is 6.13. The summed E-state index contributed by atoms with van der Waals surface area (Å²) >= 11 is 0. The lowest BCUT2D eigenvalue weighted by Crippen LogP contribution is -2.11. The first kappa shape index (κ1) is 22.9. The van der Waals surface area contributed by atoms with Crippen LogP contribution in [0.15, 0.2) is 97.1 Å². The maximum atomic E-state index is 13.0. The molecule has 0 radical (unpaired) electrons. The number of fused-ring (bicyclic) bond motifs is 2. The Labute approximate surface area is 207 Å². The quantitative estimate of drug-likeness (QED) is 0.159. The molecule has 0 fully saturated rings. The van der Waals surface area contributed by atoms with Gasteiger partial charge in [-0.3, -0.25) is 0 Å². The molecule has 0 amide bonds. The SMILES string of the molecule is COc1ccc(C(=O)Oc2c3ccccc3c(OC(=O)c3ccc(OC)cc3)c3ccccc23)cc1. The Balaban J connectivity index is 1.59. The summed E-state index contributed by atoms with van der Waals surface area (Å²) in [5.41, 5.74) is 0.776. The first-order valence-electron chi connectivity index (χ1n) is 11.2. The molecule has 36 heavy (non-hydrogen) atoms. The normalized spacial score (nSPS) is 10.7. The van der Waals surface area contributed by atoms with Crippen LogP contribution in [0.1, 0.15) is 20.7 Å². The van der Waals surface area contributed by atoms with Crippen LogP contribution in [0.5, 0.6) is 23.0 Å². The standard InChI is InChI=1S/C30H22O6/c1-33-21-15-11-19(12-16-21)29(31)35-27-23-7-3-5-9-25(23)28(26-10-6-4-8-24(26)27)36-30(32)20-13-17-22(34-2)18-14-20/h3-18H,1-2H3. The minimum Gasteiger partial charge on any atom is -0.497 e. The summed E-state index contributed by atoms with van der Waals surface area (Å²) in [5, 5.41) is 2.59. The third-order valence-corrected chi connectivity index (χ3v) is 5.87. The van der Waals surface area contributed by atoms with Gasteiger partial charge in [-0.25, -0.2) is 9.59 Å². The molecule has 0 aliphatic rings. The Kier molecular flexibility index (Phi) is 6.24. The van der Waals surface area contributed by atoms with E-state index in [0.717, 1.165) is 0 Å². The van der Waals surface area contributed by atoms with E-state index < -0.39 is 11.9 Å². The van der Waals surface area contributed by atoms with Gasteiger partial charge in [0, 0.05) is 21.5 Å². The zero-order valence-electron chi connectivity index (χ0n) is 19.7. The Morgan fingerprint density at radius 1 is 0.472 bits per heavy atom. The highest BCUT2D eigenvalue weighted by Crippen LogP contribution is 2.43. The van der Waals surface area contributed by atoms with E-state index in [1.807, 2.05) is 48.5 Å². The van der Waals surface area contributed by atoms with Crippen LogP contribution in [0.25, 0.3) is 21.5 Å². The third-order valence-electron chi connectivity index (χ3n) is 5.87. The van der Waals surface area contributed by atoms with Crippen molar-refractivity contribution in [1.82, 2.24) is 0 Å². The van der Waals surface area contributed by atoms with E-state index in [0.29, 0.717) is 55.7 Å². The number of esters is 2. The van der Waals surface area contributed by atoms with E-state index in [1.165, 1.54) is 0 Å². The lowest BCUT2D eigenvalue weighted by Gasteiger charge is -2.16. The van der Waals surface area contributed by atoms with Crippen molar-refractivity contribution in [2.45, 2.75) is 0 Å². The summed E-state index contributed by atoms with van der Waals surface area (Å²) in [6.07, 6.45) is 0. The predicted molar refractivity (Wildman–Crippen MR) is 137 cm³/mol. The van der Waals surface area contributed by atoms with Gasteiger partial charge in [0.05, 0.1) is 25.3 Å². The van der Waals surface area contributed by atoms with E-state index in [2.05, 4.69) is 0 Å². The average Bonchev–Trinajstić information content (AvgIpc) is 2.94. The number of carbonyl (C=O) groups excluding carboxylic acids is 2. The molecule has 5 rings (SSSR count). The van der Waals surface area contributed by atoms with Gasteiger partial charge in [-0.15, -0.1) is 0 Å². The van der Waals surface area contributed by atoms with Crippen molar-refractivity contribution in [2.24, 2.45) is 0 Å². The van der Waals surface area contributed by atoms with E-state index in [-0.39, 0.29) is 0 Å². The minimum atomic E-state index is -0.504. The number of ether oxygens (including phenoxy) is 4.